The maximum absolute atomic E-state index is 13.3. The molecule has 0 aromatic heterocycles. The van der Waals surface area contributed by atoms with Crippen LogP contribution in [0.2, 0.25) is 0 Å². The molecule has 0 radical (unpaired) electrons. The SMILES string of the molecule is CC1(C)CCc2ccccc2C(c2ccc(F)cc2)=C1Br. The molecule has 21 heavy (non-hydrogen) atoms. The van der Waals surface area contributed by atoms with Crippen molar-refractivity contribution in [1.29, 1.82) is 0 Å². The van der Waals surface area contributed by atoms with E-state index in [4.69, 9.17) is 0 Å². The molecule has 0 spiro atoms. The van der Waals surface area contributed by atoms with Gasteiger partial charge in [-0.05, 0) is 52.7 Å². The second kappa shape index (κ2) is 5.42. The molecule has 108 valence electrons. The Kier molecular flexibility index (Phi) is 3.75. The van der Waals surface area contributed by atoms with Crippen molar-refractivity contribution in [2.75, 3.05) is 0 Å². The van der Waals surface area contributed by atoms with Gasteiger partial charge in [-0.15, -0.1) is 0 Å². The van der Waals surface area contributed by atoms with Gasteiger partial charge in [0.05, 0.1) is 0 Å². The number of halogens is 2. The maximum Gasteiger partial charge on any atom is 0.123 e. The van der Waals surface area contributed by atoms with E-state index in [1.165, 1.54) is 33.3 Å². The van der Waals surface area contributed by atoms with Crippen LogP contribution in [0.4, 0.5) is 4.39 Å². The van der Waals surface area contributed by atoms with E-state index in [-0.39, 0.29) is 11.2 Å². The Bertz CT molecular complexity index is 696. The fourth-order valence-corrected chi connectivity index (χ4v) is 3.54. The molecule has 0 saturated carbocycles. The predicted octanol–water partition coefficient (Wildman–Crippen LogP) is 5.95. The zero-order chi connectivity index (χ0) is 15.0. The zero-order valence-corrected chi connectivity index (χ0v) is 13.9. The molecule has 2 heteroatoms. The number of fused-ring (bicyclic) bond motifs is 1. The third-order valence-corrected chi connectivity index (χ3v) is 5.72. The molecule has 1 aliphatic rings. The van der Waals surface area contributed by atoms with E-state index in [1.807, 2.05) is 12.1 Å². The molecule has 0 amide bonds. The molecule has 2 aromatic rings. The van der Waals surface area contributed by atoms with Crippen LogP contribution in [0, 0.1) is 11.2 Å². The summed E-state index contributed by atoms with van der Waals surface area (Å²) < 4.78 is 14.5. The van der Waals surface area contributed by atoms with Gasteiger partial charge in [0.15, 0.2) is 0 Å². The summed E-state index contributed by atoms with van der Waals surface area (Å²) >= 11 is 3.84. The molecule has 3 rings (SSSR count). The van der Waals surface area contributed by atoms with E-state index in [2.05, 4.69) is 54.0 Å². The van der Waals surface area contributed by atoms with E-state index in [1.54, 1.807) is 0 Å². The highest BCUT2D eigenvalue weighted by Crippen LogP contribution is 2.46. The highest BCUT2D eigenvalue weighted by atomic mass is 79.9. The molecule has 0 fully saturated rings. The van der Waals surface area contributed by atoms with Crippen LogP contribution >= 0.6 is 15.9 Å². The largest absolute Gasteiger partial charge is 0.207 e. The lowest BCUT2D eigenvalue weighted by Gasteiger charge is -2.25. The highest BCUT2D eigenvalue weighted by molar-refractivity contribution is 9.11. The summed E-state index contributed by atoms with van der Waals surface area (Å²) in [6, 6.07) is 15.3. The number of benzene rings is 2. The summed E-state index contributed by atoms with van der Waals surface area (Å²) in [6.07, 6.45) is 2.15. The second-order valence-electron chi connectivity index (χ2n) is 6.24. The van der Waals surface area contributed by atoms with Crippen LogP contribution in [0.5, 0.6) is 0 Å². The lowest BCUT2D eigenvalue weighted by Crippen LogP contribution is -2.12. The van der Waals surface area contributed by atoms with Gasteiger partial charge in [-0.2, -0.15) is 0 Å². The van der Waals surface area contributed by atoms with E-state index >= 15 is 0 Å². The summed E-state index contributed by atoms with van der Waals surface area (Å²) in [5.41, 5.74) is 4.93. The van der Waals surface area contributed by atoms with Crippen molar-refractivity contribution in [3.63, 3.8) is 0 Å². The van der Waals surface area contributed by atoms with Gasteiger partial charge in [0.2, 0.25) is 0 Å². The van der Waals surface area contributed by atoms with Gasteiger partial charge in [0.1, 0.15) is 5.82 Å². The molecule has 0 N–H and O–H groups in total. The first kappa shape index (κ1) is 14.5. The first-order valence-corrected chi connectivity index (χ1v) is 8.03. The van der Waals surface area contributed by atoms with E-state index in [0.29, 0.717) is 0 Å². The predicted molar refractivity (Wildman–Crippen MR) is 89.9 cm³/mol. The maximum atomic E-state index is 13.3. The third-order valence-electron chi connectivity index (χ3n) is 4.25. The Morgan fingerprint density at radius 1 is 1.00 bits per heavy atom. The van der Waals surface area contributed by atoms with Crippen molar-refractivity contribution >= 4 is 21.5 Å². The van der Waals surface area contributed by atoms with Crippen molar-refractivity contribution in [2.24, 2.45) is 5.41 Å². The average molecular weight is 345 g/mol. The number of aryl methyl sites for hydroxylation is 1. The minimum atomic E-state index is -0.198. The summed E-state index contributed by atoms with van der Waals surface area (Å²) in [5, 5.41) is 0. The van der Waals surface area contributed by atoms with Crippen molar-refractivity contribution in [3.8, 4) is 0 Å². The molecular weight excluding hydrogens is 327 g/mol. The standard InChI is InChI=1S/C19H18BrF/c1-19(2)12-11-13-5-3-4-6-16(13)17(18(19)20)14-7-9-15(21)10-8-14/h3-10H,11-12H2,1-2H3. The Labute approximate surface area is 133 Å². The van der Waals surface area contributed by atoms with Crippen LogP contribution in [0.25, 0.3) is 5.57 Å². The molecule has 0 atom stereocenters. The number of hydrogen-bond acceptors (Lipinski definition) is 0. The summed E-state index contributed by atoms with van der Waals surface area (Å²) in [6.45, 7) is 4.51. The van der Waals surface area contributed by atoms with Gasteiger partial charge in [-0.3, -0.25) is 0 Å². The van der Waals surface area contributed by atoms with Gasteiger partial charge < -0.3 is 0 Å². The van der Waals surface area contributed by atoms with Gasteiger partial charge in [0, 0.05) is 4.48 Å². The quantitative estimate of drug-likeness (QED) is 0.599. The molecular formula is C19H18BrF. The fourth-order valence-electron chi connectivity index (χ4n) is 2.89. The first-order chi connectivity index (χ1) is 9.99. The van der Waals surface area contributed by atoms with Crippen molar-refractivity contribution in [1.82, 2.24) is 0 Å². The summed E-state index contributed by atoms with van der Waals surface area (Å²) in [5.74, 6) is -0.198. The summed E-state index contributed by atoms with van der Waals surface area (Å²) in [7, 11) is 0. The van der Waals surface area contributed by atoms with Gasteiger partial charge in [0.25, 0.3) is 0 Å². The van der Waals surface area contributed by atoms with Gasteiger partial charge >= 0.3 is 0 Å². The molecule has 0 aliphatic heterocycles. The van der Waals surface area contributed by atoms with Gasteiger partial charge in [-0.1, -0.05) is 66.2 Å². The lowest BCUT2D eigenvalue weighted by molar-refractivity contribution is 0.436. The molecule has 0 nitrogen and oxygen atoms in total. The first-order valence-electron chi connectivity index (χ1n) is 7.23. The topological polar surface area (TPSA) is 0 Å². The molecule has 0 heterocycles. The summed E-state index contributed by atoms with van der Waals surface area (Å²) in [4.78, 5) is 0. The normalized spacial score (nSPS) is 17.3. The van der Waals surface area contributed by atoms with Gasteiger partial charge in [-0.25, -0.2) is 4.39 Å². The zero-order valence-electron chi connectivity index (χ0n) is 12.3. The van der Waals surface area contributed by atoms with Crippen molar-refractivity contribution in [3.05, 3.63) is 75.5 Å². The molecule has 0 unspecified atom stereocenters. The van der Waals surface area contributed by atoms with Crippen LogP contribution in [0.3, 0.4) is 0 Å². The second-order valence-corrected chi connectivity index (χ2v) is 7.03. The average Bonchev–Trinajstić information content (AvgIpc) is 2.57. The van der Waals surface area contributed by atoms with Crippen LogP contribution in [-0.2, 0) is 6.42 Å². The smallest absolute Gasteiger partial charge is 0.123 e. The molecule has 0 bridgehead atoms. The van der Waals surface area contributed by atoms with Crippen molar-refractivity contribution in [2.45, 2.75) is 26.7 Å². The third kappa shape index (κ3) is 2.69. The monoisotopic (exact) mass is 344 g/mol. The Morgan fingerprint density at radius 3 is 2.38 bits per heavy atom. The highest BCUT2D eigenvalue weighted by Gasteiger charge is 2.29. The van der Waals surface area contributed by atoms with Crippen LogP contribution in [0.15, 0.2) is 53.0 Å². The van der Waals surface area contributed by atoms with Crippen LogP contribution in [-0.4, -0.2) is 0 Å². The van der Waals surface area contributed by atoms with Crippen molar-refractivity contribution < 1.29 is 4.39 Å². The number of rotatable bonds is 1. The molecule has 2 aromatic carbocycles. The Morgan fingerprint density at radius 2 is 1.67 bits per heavy atom. The lowest BCUT2D eigenvalue weighted by atomic mass is 9.86. The minimum Gasteiger partial charge on any atom is -0.207 e. The van der Waals surface area contributed by atoms with Crippen LogP contribution < -0.4 is 0 Å². The fraction of sp³-hybridized carbons (Fsp3) is 0.263. The van der Waals surface area contributed by atoms with E-state index in [9.17, 15) is 4.39 Å². The number of allylic oxidation sites excluding steroid dienone is 1. The molecule has 1 aliphatic carbocycles. The van der Waals surface area contributed by atoms with E-state index < -0.39 is 0 Å². The Balaban J connectivity index is 2.27. The minimum absolute atomic E-state index is 0.0722. The van der Waals surface area contributed by atoms with Crippen LogP contribution in [0.1, 0.15) is 37.0 Å². The Hall–Kier alpha value is -1.41. The number of hydrogen-bond donors (Lipinski definition) is 0. The van der Waals surface area contributed by atoms with E-state index in [0.717, 1.165) is 18.4 Å². The molecule has 0 saturated heterocycles.